The molecule has 0 atom stereocenters. The number of halogens is 2. The predicted octanol–water partition coefficient (Wildman–Crippen LogP) is 4.61. The summed E-state index contributed by atoms with van der Waals surface area (Å²) in [7, 11) is 0. The Balaban J connectivity index is 2.02. The zero-order valence-corrected chi connectivity index (χ0v) is 12.5. The molecule has 0 saturated heterocycles. The number of aromatic nitrogens is 2. The van der Waals surface area contributed by atoms with E-state index in [1.165, 1.54) is 0 Å². The van der Waals surface area contributed by atoms with Crippen LogP contribution >= 0.6 is 23.2 Å². The number of phenolic OH excluding ortho intramolecular Hbond substituents is 1. The van der Waals surface area contributed by atoms with E-state index in [2.05, 4.69) is 4.98 Å². The van der Waals surface area contributed by atoms with Crippen LogP contribution in [0.5, 0.6) is 5.75 Å². The summed E-state index contributed by atoms with van der Waals surface area (Å²) >= 11 is 12.3. The van der Waals surface area contributed by atoms with Crippen molar-refractivity contribution in [3.05, 3.63) is 70.5 Å². The highest BCUT2D eigenvalue weighted by Gasteiger charge is 2.12. The average Bonchev–Trinajstić information content (AvgIpc) is 2.92. The average molecular weight is 319 g/mol. The number of nitrogens with zero attached hydrogens (tertiary/aromatic N) is 2. The van der Waals surface area contributed by atoms with Gasteiger partial charge < -0.3 is 9.67 Å². The molecule has 0 fully saturated rings. The molecule has 5 heteroatoms. The third-order valence-corrected chi connectivity index (χ3v) is 3.78. The summed E-state index contributed by atoms with van der Waals surface area (Å²) < 4.78 is 1.92. The second-order valence-corrected chi connectivity index (χ2v) is 5.48. The van der Waals surface area contributed by atoms with Crippen LogP contribution in [0.2, 0.25) is 10.0 Å². The van der Waals surface area contributed by atoms with Crippen molar-refractivity contribution in [2.75, 3.05) is 0 Å². The highest BCUT2D eigenvalue weighted by atomic mass is 35.5. The first kappa shape index (κ1) is 14.0. The summed E-state index contributed by atoms with van der Waals surface area (Å²) in [5.74, 6) is 0.972. The zero-order chi connectivity index (χ0) is 14.8. The van der Waals surface area contributed by atoms with Crippen molar-refractivity contribution in [1.82, 2.24) is 9.55 Å². The molecule has 0 saturated carbocycles. The summed E-state index contributed by atoms with van der Waals surface area (Å²) in [5, 5.41) is 11.1. The Labute approximate surface area is 132 Å². The normalized spacial score (nSPS) is 10.8. The van der Waals surface area contributed by atoms with Gasteiger partial charge in [-0.25, -0.2) is 4.98 Å². The van der Waals surface area contributed by atoms with Crippen molar-refractivity contribution < 1.29 is 5.11 Å². The minimum Gasteiger partial charge on any atom is -0.508 e. The van der Waals surface area contributed by atoms with E-state index in [1.807, 2.05) is 22.9 Å². The van der Waals surface area contributed by atoms with E-state index in [4.69, 9.17) is 23.2 Å². The topological polar surface area (TPSA) is 38.0 Å². The Morgan fingerprint density at radius 3 is 2.71 bits per heavy atom. The number of benzene rings is 2. The Morgan fingerprint density at radius 2 is 1.90 bits per heavy atom. The van der Waals surface area contributed by atoms with E-state index in [1.54, 1.807) is 36.5 Å². The number of para-hydroxylation sites is 1. The van der Waals surface area contributed by atoms with Gasteiger partial charge in [0, 0.05) is 28.5 Å². The molecule has 2 aromatic carbocycles. The molecule has 106 valence electrons. The third kappa shape index (κ3) is 2.89. The van der Waals surface area contributed by atoms with Crippen LogP contribution < -0.4 is 0 Å². The minimum absolute atomic E-state index is 0.259. The van der Waals surface area contributed by atoms with Crippen molar-refractivity contribution in [3.63, 3.8) is 0 Å². The molecule has 0 bridgehead atoms. The van der Waals surface area contributed by atoms with Crippen LogP contribution in [0.4, 0.5) is 0 Å². The van der Waals surface area contributed by atoms with Crippen LogP contribution in [-0.4, -0.2) is 14.7 Å². The molecular formula is C16H12Cl2N2O. The van der Waals surface area contributed by atoms with Crippen LogP contribution in [-0.2, 0) is 6.54 Å². The summed E-state index contributed by atoms with van der Waals surface area (Å²) in [5.41, 5.74) is 1.58. The fourth-order valence-corrected chi connectivity index (χ4v) is 2.55. The quantitative estimate of drug-likeness (QED) is 0.765. The SMILES string of the molecule is Oc1ccccc1Cn1ccnc1-c1cc(Cl)ccc1Cl. The standard InChI is InChI=1S/C16H12Cl2N2O/c17-12-5-6-14(18)13(9-12)16-19-7-8-20(16)10-11-3-1-2-4-15(11)21/h1-9,21H,10H2. The van der Waals surface area contributed by atoms with Gasteiger partial charge in [0.05, 0.1) is 11.6 Å². The first-order valence-corrected chi connectivity index (χ1v) is 7.14. The van der Waals surface area contributed by atoms with Gasteiger partial charge in [-0.05, 0) is 24.3 Å². The number of hydrogen-bond donors (Lipinski definition) is 1. The molecule has 3 rings (SSSR count). The van der Waals surface area contributed by atoms with E-state index >= 15 is 0 Å². The number of aromatic hydroxyl groups is 1. The third-order valence-electron chi connectivity index (χ3n) is 3.22. The fourth-order valence-electron chi connectivity index (χ4n) is 2.18. The molecule has 21 heavy (non-hydrogen) atoms. The maximum atomic E-state index is 9.89. The van der Waals surface area contributed by atoms with E-state index in [-0.39, 0.29) is 5.75 Å². The summed E-state index contributed by atoms with van der Waals surface area (Å²) in [4.78, 5) is 4.35. The molecule has 1 heterocycles. The van der Waals surface area contributed by atoms with Gasteiger partial charge in [-0.15, -0.1) is 0 Å². The highest BCUT2D eigenvalue weighted by Crippen LogP contribution is 2.30. The van der Waals surface area contributed by atoms with Gasteiger partial charge in [-0.3, -0.25) is 0 Å². The van der Waals surface area contributed by atoms with Crippen LogP contribution in [0.1, 0.15) is 5.56 Å². The van der Waals surface area contributed by atoms with Crippen molar-refractivity contribution in [1.29, 1.82) is 0 Å². The molecule has 1 N–H and O–H groups in total. The summed E-state index contributed by atoms with van der Waals surface area (Å²) in [6.07, 6.45) is 3.55. The summed E-state index contributed by atoms with van der Waals surface area (Å²) in [6.45, 7) is 0.505. The van der Waals surface area contributed by atoms with Crippen LogP contribution in [0.3, 0.4) is 0 Å². The molecule has 0 amide bonds. The molecule has 3 nitrogen and oxygen atoms in total. The Hall–Kier alpha value is -1.97. The lowest BCUT2D eigenvalue weighted by molar-refractivity contribution is 0.466. The fraction of sp³-hybridized carbons (Fsp3) is 0.0625. The first-order chi connectivity index (χ1) is 10.1. The van der Waals surface area contributed by atoms with E-state index in [0.717, 1.165) is 11.1 Å². The van der Waals surface area contributed by atoms with Crippen LogP contribution in [0.15, 0.2) is 54.9 Å². The minimum atomic E-state index is 0.259. The van der Waals surface area contributed by atoms with Gasteiger partial charge in [-0.1, -0.05) is 41.4 Å². The monoisotopic (exact) mass is 318 g/mol. The maximum absolute atomic E-state index is 9.89. The van der Waals surface area contributed by atoms with Crippen LogP contribution in [0.25, 0.3) is 11.4 Å². The second-order valence-electron chi connectivity index (χ2n) is 4.63. The molecule has 0 aliphatic carbocycles. The molecule has 0 aliphatic rings. The van der Waals surface area contributed by atoms with E-state index in [9.17, 15) is 5.11 Å². The molecule has 0 spiro atoms. The van der Waals surface area contributed by atoms with E-state index < -0.39 is 0 Å². The summed E-state index contributed by atoms with van der Waals surface area (Å²) in [6, 6.07) is 12.5. The Kier molecular flexibility index (Phi) is 3.86. The highest BCUT2D eigenvalue weighted by molar-refractivity contribution is 6.35. The molecule has 3 aromatic rings. The van der Waals surface area contributed by atoms with Crippen molar-refractivity contribution in [2.45, 2.75) is 6.54 Å². The molecule has 1 aromatic heterocycles. The smallest absolute Gasteiger partial charge is 0.141 e. The number of hydrogen-bond acceptors (Lipinski definition) is 2. The lowest BCUT2D eigenvalue weighted by atomic mass is 10.2. The Bertz CT molecular complexity index is 783. The number of imidazole rings is 1. The largest absolute Gasteiger partial charge is 0.508 e. The van der Waals surface area contributed by atoms with Gasteiger partial charge in [0.25, 0.3) is 0 Å². The van der Waals surface area contributed by atoms with E-state index in [0.29, 0.717) is 22.4 Å². The predicted molar refractivity (Wildman–Crippen MR) is 84.9 cm³/mol. The van der Waals surface area contributed by atoms with Crippen molar-refractivity contribution in [2.24, 2.45) is 0 Å². The van der Waals surface area contributed by atoms with Crippen LogP contribution in [0, 0.1) is 0 Å². The second kappa shape index (κ2) is 5.80. The lowest BCUT2D eigenvalue weighted by Gasteiger charge is -2.10. The Morgan fingerprint density at radius 1 is 1.10 bits per heavy atom. The first-order valence-electron chi connectivity index (χ1n) is 6.38. The van der Waals surface area contributed by atoms with Gasteiger partial charge in [-0.2, -0.15) is 0 Å². The number of phenols is 1. The van der Waals surface area contributed by atoms with Crippen molar-refractivity contribution in [3.8, 4) is 17.1 Å². The molecule has 0 aliphatic heterocycles. The maximum Gasteiger partial charge on any atom is 0.141 e. The molecular weight excluding hydrogens is 307 g/mol. The van der Waals surface area contributed by atoms with Gasteiger partial charge in [0.1, 0.15) is 11.6 Å². The van der Waals surface area contributed by atoms with Gasteiger partial charge >= 0.3 is 0 Å². The van der Waals surface area contributed by atoms with Gasteiger partial charge in [0.2, 0.25) is 0 Å². The number of rotatable bonds is 3. The zero-order valence-electron chi connectivity index (χ0n) is 11.0. The lowest BCUT2D eigenvalue weighted by Crippen LogP contribution is -2.01. The van der Waals surface area contributed by atoms with Gasteiger partial charge in [0.15, 0.2) is 0 Å². The molecule has 0 radical (unpaired) electrons. The molecule has 0 unspecified atom stereocenters. The van der Waals surface area contributed by atoms with Crippen molar-refractivity contribution >= 4 is 23.2 Å².